The molecule has 0 amide bonds. The zero-order chi connectivity index (χ0) is 19.6. The molecule has 2 fully saturated rings. The summed E-state index contributed by atoms with van der Waals surface area (Å²) in [6.45, 7) is 1.55. The molecule has 2 saturated heterocycles. The summed E-state index contributed by atoms with van der Waals surface area (Å²) < 4.78 is 21.8. The number of hydrogen-bond donors (Lipinski definition) is 5. The third-order valence-corrected chi connectivity index (χ3v) is 4.78. The van der Waals surface area contributed by atoms with Gasteiger partial charge in [0.2, 0.25) is 0 Å². The average molecular weight is 386 g/mol. The largest absolute Gasteiger partial charge is 0.388 e. The van der Waals surface area contributed by atoms with E-state index in [1.165, 1.54) is 6.92 Å². The lowest BCUT2D eigenvalue weighted by atomic mass is 9.99. The van der Waals surface area contributed by atoms with Gasteiger partial charge in [-0.05, 0) is 12.5 Å². The van der Waals surface area contributed by atoms with Gasteiger partial charge in [0, 0.05) is 0 Å². The fraction of sp³-hybridized carbons (Fsp3) is 0.667. The third-order valence-electron chi connectivity index (χ3n) is 4.78. The SMILES string of the molecule is C[C@@H]1O[C@@H](O[C@@H]2[C@@H](O)[C@@H](OCc3ccccc3)OC[C@@H]2O)[C@H](O)[C@H](O)[C@H]1O. The molecule has 0 aromatic heterocycles. The molecule has 27 heavy (non-hydrogen) atoms. The topological polar surface area (TPSA) is 138 Å². The van der Waals surface area contributed by atoms with Crippen LogP contribution in [0.3, 0.4) is 0 Å². The summed E-state index contributed by atoms with van der Waals surface area (Å²) in [5.41, 5.74) is 0.883. The van der Waals surface area contributed by atoms with Crippen molar-refractivity contribution in [2.75, 3.05) is 6.61 Å². The summed E-state index contributed by atoms with van der Waals surface area (Å²) in [4.78, 5) is 0. The van der Waals surface area contributed by atoms with Crippen LogP contribution in [0.2, 0.25) is 0 Å². The molecule has 9 atom stereocenters. The number of aliphatic hydroxyl groups excluding tert-OH is 5. The monoisotopic (exact) mass is 386 g/mol. The van der Waals surface area contributed by atoms with Crippen LogP contribution >= 0.6 is 0 Å². The van der Waals surface area contributed by atoms with E-state index in [0.717, 1.165) is 5.56 Å². The van der Waals surface area contributed by atoms with Crippen LogP contribution in [0.5, 0.6) is 0 Å². The van der Waals surface area contributed by atoms with Gasteiger partial charge >= 0.3 is 0 Å². The lowest BCUT2D eigenvalue weighted by molar-refractivity contribution is -0.346. The molecule has 152 valence electrons. The van der Waals surface area contributed by atoms with Crippen LogP contribution in [0.1, 0.15) is 12.5 Å². The van der Waals surface area contributed by atoms with Gasteiger partial charge in [0.25, 0.3) is 0 Å². The highest BCUT2D eigenvalue weighted by Crippen LogP contribution is 2.27. The molecule has 0 aliphatic carbocycles. The molecule has 5 N–H and O–H groups in total. The molecule has 1 aromatic carbocycles. The second-order valence-electron chi connectivity index (χ2n) is 6.84. The maximum absolute atomic E-state index is 10.5. The minimum atomic E-state index is -1.54. The van der Waals surface area contributed by atoms with Gasteiger partial charge in [-0.3, -0.25) is 0 Å². The van der Waals surface area contributed by atoms with Crippen LogP contribution in [0.15, 0.2) is 30.3 Å². The number of aliphatic hydroxyl groups is 5. The summed E-state index contributed by atoms with van der Waals surface area (Å²) in [5, 5.41) is 50.3. The first kappa shape index (κ1) is 20.6. The summed E-state index contributed by atoms with van der Waals surface area (Å²) in [6, 6.07) is 9.30. The van der Waals surface area contributed by atoms with Crippen LogP contribution in [0.4, 0.5) is 0 Å². The molecular weight excluding hydrogens is 360 g/mol. The number of rotatable bonds is 5. The smallest absolute Gasteiger partial charge is 0.187 e. The fourth-order valence-electron chi connectivity index (χ4n) is 3.12. The van der Waals surface area contributed by atoms with Gasteiger partial charge in [-0.2, -0.15) is 0 Å². The molecule has 9 heteroatoms. The van der Waals surface area contributed by atoms with Gasteiger partial charge in [0.1, 0.15) is 36.6 Å². The van der Waals surface area contributed by atoms with E-state index in [2.05, 4.69) is 0 Å². The standard InChI is InChI=1S/C18H26O9/c1-9-12(20)13(21)14(22)18(26-9)27-16-11(19)8-25-17(15(16)23)24-7-10-5-3-2-4-6-10/h2-6,9,11-23H,7-8H2,1H3/t9-,11-,12-,13+,14+,15+,16-,17-,18-/m0/s1. The van der Waals surface area contributed by atoms with Crippen LogP contribution in [-0.2, 0) is 25.6 Å². The predicted molar refractivity (Wildman–Crippen MR) is 90.2 cm³/mol. The summed E-state index contributed by atoms with van der Waals surface area (Å²) in [7, 11) is 0. The second kappa shape index (κ2) is 8.91. The van der Waals surface area contributed by atoms with Crippen molar-refractivity contribution in [2.24, 2.45) is 0 Å². The molecule has 0 radical (unpaired) electrons. The maximum atomic E-state index is 10.5. The van der Waals surface area contributed by atoms with Crippen LogP contribution in [0.25, 0.3) is 0 Å². The van der Waals surface area contributed by atoms with Gasteiger partial charge in [-0.1, -0.05) is 30.3 Å². The van der Waals surface area contributed by atoms with Crippen LogP contribution in [0, 0.1) is 0 Å². The molecule has 0 unspecified atom stereocenters. The lowest BCUT2D eigenvalue weighted by Crippen LogP contribution is -2.61. The molecule has 2 aliphatic rings. The van der Waals surface area contributed by atoms with Gasteiger partial charge in [-0.25, -0.2) is 0 Å². The number of hydrogen-bond acceptors (Lipinski definition) is 9. The average Bonchev–Trinajstić information content (AvgIpc) is 2.67. The minimum absolute atomic E-state index is 0.148. The molecule has 0 bridgehead atoms. The summed E-state index contributed by atoms with van der Waals surface area (Å²) in [6.07, 6.45) is -11.2. The molecule has 9 nitrogen and oxygen atoms in total. The van der Waals surface area contributed by atoms with Crippen molar-refractivity contribution in [2.45, 2.75) is 68.8 Å². The van der Waals surface area contributed by atoms with E-state index in [0.29, 0.717) is 0 Å². The van der Waals surface area contributed by atoms with Gasteiger partial charge < -0.3 is 44.5 Å². The van der Waals surface area contributed by atoms with E-state index < -0.39 is 55.3 Å². The van der Waals surface area contributed by atoms with Crippen molar-refractivity contribution in [3.8, 4) is 0 Å². The van der Waals surface area contributed by atoms with Gasteiger partial charge in [0.15, 0.2) is 12.6 Å². The van der Waals surface area contributed by atoms with E-state index >= 15 is 0 Å². The number of benzene rings is 1. The van der Waals surface area contributed by atoms with Crippen molar-refractivity contribution >= 4 is 0 Å². The Morgan fingerprint density at radius 3 is 2.33 bits per heavy atom. The lowest BCUT2D eigenvalue weighted by Gasteiger charge is -2.43. The Kier molecular flexibility index (Phi) is 6.79. The van der Waals surface area contributed by atoms with Crippen molar-refractivity contribution in [3.63, 3.8) is 0 Å². The highest BCUT2D eigenvalue weighted by atomic mass is 16.7. The first-order valence-electron chi connectivity index (χ1n) is 8.87. The molecule has 2 aliphatic heterocycles. The second-order valence-corrected chi connectivity index (χ2v) is 6.84. The molecule has 0 saturated carbocycles. The summed E-state index contributed by atoms with van der Waals surface area (Å²) >= 11 is 0. The van der Waals surface area contributed by atoms with Crippen LogP contribution in [-0.4, -0.2) is 87.4 Å². The fourth-order valence-corrected chi connectivity index (χ4v) is 3.12. The predicted octanol–water partition coefficient (Wildman–Crippen LogP) is -1.51. The normalized spacial score (nSPS) is 42.8. The Morgan fingerprint density at radius 2 is 1.63 bits per heavy atom. The van der Waals surface area contributed by atoms with Crippen molar-refractivity contribution < 1.29 is 44.5 Å². The van der Waals surface area contributed by atoms with Crippen molar-refractivity contribution in [1.82, 2.24) is 0 Å². The molecule has 0 spiro atoms. The van der Waals surface area contributed by atoms with Crippen LogP contribution < -0.4 is 0 Å². The number of ether oxygens (including phenoxy) is 4. The Hall–Kier alpha value is -1.14. The summed E-state index contributed by atoms with van der Waals surface area (Å²) in [5.74, 6) is 0. The minimum Gasteiger partial charge on any atom is -0.388 e. The van der Waals surface area contributed by atoms with Gasteiger partial charge in [0.05, 0.1) is 19.3 Å². The molecule has 1 aromatic rings. The molecule has 3 rings (SSSR count). The van der Waals surface area contributed by atoms with E-state index in [1.54, 1.807) is 0 Å². The van der Waals surface area contributed by atoms with E-state index in [-0.39, 0.29) is 13.2 Å². The Bertz CT molecular complexity index is 585. The third kappa shape index (κ3) is 4.65. The highest BCUT2D eigenvalue weighted by Gasteiger charge is 2.47. The maximum Gasteiger partial charge on any atom is 0.187 e. The Balaban J connectivity index is 1.61. The van der Waals surface area contributed by atoms with E-state index in [9.17, 15) is 25.5 Å². The first-order valence-corrected chi connectivity index (χ1v) is 8.87. The molecular formula is C18H26O9. The van der Waals surface area contributed by atoms with E-state index in [4.69, 9.17) is 18.9 Å². The van der Waals surface area contributed by atoms with Crippen molar-refractivity contribution in [1.29, 1.82) is 0 Å². The first-order chi connectivity index (χ1) is 12.9. The highest BCUT2D eigenvalue weighted by molar-refractivity contribution is 5.13. The molecule has 2 heterocycles. The zero-order valence-corrected chi connectivity index (χ0v) is 14.9. The Labute approximate surface area is 156 Å². The van der Waals surface area contributed by atoms with E-state index in [1.807, 2.05) is 30.3 Å². The quantitative estimate of drug-likeness (QED) is 0.409. The van der Waals surface area contributed by atoms with Crippen molar-refractivity contribution in [3.05, 3.63) is 35.9 Å². The Morgan fingerprint density at radius 1 is 0.926 bits per heavy atom. The van der Waals surface area contributed by atoms with Gasteiger partial charge in [-0.15, -0.1) is 0 Å². The zero-order valence-electron chi connectivity index (χ0n) is 14.9.